The standard InChI is InChI=1S/C27H22N4O6/c1-18-12-13-21(23(16-18)31(35)36)28-26(33)25(20-10-6-3-7-11-20)37-27(34)22-14-15-24(32)30(29-22)17-19-8-4-2-5-9-19/h2-16,25H,17H2,1H3,(H,28,33). The highest BCUT2D eigenvalue weighted by molar-refractivity contribution is 5.99. The van der Waals surface area contributed by atoms with Crippen molar-refractivity contribution in [3.63, 3.8) is 0 Å². The van der Waals surface area contributed by atoms with E-state index >= 15 is 0 Å². The van der Waals surface area contributed by atoms with Crippen LogP contribution in [0.1, 0.15) is 33.3 Å². The van der Waals surface area contributed by atoms with Crippen LogP contribution in [0.5, 0.6) is 0 Å². The van der Waals surface area contributed by atoms with Crippen molar-refractivity contribution in [2.24, 2.45) is 0 Å². The third-order valence-electron chi connectivity index (χ3n) is 5.42. The number of anilines is 1. The van der Waals surface area contributed by atoms with Gasteiger partial charge in [-0.25, -0.2) is 9.48 Å². The van der Waals surface area contributed by atoms with Crippen LogP contribution < -0.4 is 10.9 Å². The molecule has 37 heavy (non-hydrogen) atoms. The van der Waals surface area contributed by atoms with E-state index in [0.29, 0.717) is 11.1 Å². The number of hydrogen-bond acceptors (Lipinski definition) is 7. The van der Waals surface area contributed by atoms with Crippen molar-refractivity contribution in [3.05, 3.63) is 134 Å². The van der Waals surface area contributed by atoms with Crippen molar-refractivity contribution in [2.45, 2.75) is 19.6 Å². The highest BCUT2D eigenvalue weighted by Gasteiger charge is 2.28. The van der Waals surface area contributed by atoms with E-state index < -0.39 is 28.5 Å². The van der Waals surface area contributed by atoms with Crippen molar-refractivity contribution < 1.29 is 19.2 Å². The highest BCUT2D eigenvalue weighted by Crippen LogP contribution is 2.28. The Labute approximate surface area is 211 Å². The molecule has 3 aromatic carbocycles. The summed E-state index contributed by atoms with van der Waals surface area (Å²) in [6.07, 6.45) is -1.44. The third-order valence-corrected chi connectivity index (χ3v) is 5.42. The van der Waals surface area contributed by atoms with Gasteiger partial charge in [-0.15, -0.1) is 0 Å². The van der Waals surface area contributed by atoms with Gasteiger partial charge in [-0.05, 0) is 30.2 Å². The summed E-state index contributed by atoms with van der Waals surface area (Å²) < 4.78 is 6.65. The number of amides is 1. The van der Waals surface area contributed by atoms with Gasteiger partial charge in [0, 0.05) is 17.7 Å². The van der Waals surface area contributed by atoms with Crippen LogP contribution in [0.4, 0.5) is 11.4 Å². The lowest BCUT2D eigenvalue weighted by Gasteiger charge is -2.18. The number of aromatic nitrogens is 2. The molecule has 1 amide bonds. The number of carbonyl (C=O) groups excluding carboxylic acids is 2. The SMILES string of the molecule is Cc1ccc(NC(=O)C(OC(=O)c2ccc(=O)n(Cc3ccccc3)n2)c2ccccc2)c([N+](=O)[O-])c1. The molecule has 10 heteroatoms. The van der Waals surface area contributed by atoms with Gasteiger partial charge in [-0.1, -0.05) is 66.7 Å². The predicted octanol–water partition coefficient (Wildman–Crippen LogP) is 4.05. The number of aryl methyl sites for hydroxylation is 1. The van der Waals surface area contributed by atoms with Crippen molar-refractivity contribution in [1.29, 1.82) is 0 Å². The highest BCUT2D eigenvalue weighted by atomic mass is 16.6. The Morgan fingerprint density at radius 3 is 2.35 bits per heavy atom. The number of carbonyl (C=O) groups is 2. The molecule has 0 radical (unpaired) electrons. The minimum absolute atomic E-state index is 0.0351. The zero-order valence-electron chi connectivity index (χ0n) is 19.7. The first-order chi connectivity index (χ1) is 17.8. The van der Waals surface area contributed by atoms with Gasteiger partial charge >= 0.3 is 5.97 Å². The zero-order chi connectivity index (χ0) is 26.4. The van der Waals surface area contributed by atoms with E-state index in [1.54, 1.807) is 43.3 Å². The van der Waals surface area contributed by atoms with Crippen molar-refractivity contribution in [2.75, 3.05) is 5.32 Å². The first-order valence-corrected chi connectivity index (χ1v) is 11.3. The first-order valence-electron chi connectivity index (χ1n) is 11.3. The van der Waals surface area contributed by atoms with Gasteiger partial charge in [0.2, 0.25) is 6.10 Å². The Hall–Kier alpha value is -5.12. The van der Waals surface area contributed by atoms with E-state index in [1.807, 2.05) is 30.3 Å². The molecule has 0 bridgehead atoms. The number of esters is 1. The average molecular weight is 498 g/mol. The molecule has 1 aromatic heterocycles. The molecule has 0 spiro atoms. The van der Waals surface area contributed by atoms with Gasteiger partial charge in [0.1, 0.15) is 5.69 Å². The summed E-state index contributed by atoms with van der Waals surface area (Å²) in [5.74, 6) is -1.73. The van der Waals surface area contributed by atoms with Gasteiger partial charge in [0.25, 0.3) is 17.2 Å². The normalized spacial score (nSPS) is 11.4. The predicted molar refractivity (Wildman–Crippen MR) is 135 cm³/mol. The molecule has 0 aliphatic rings. The number of nitro groups is 1. The Morgan fingerprint density at radius 2 is 1.68 bits per heavy atom. The summed E-state index contributed by atoms with van der Waals surface area (Å²) >= 11 is 0. The lowest BCUT2D eigenvalue weighted by atomic mass is 10.1. The second kappa shape index (κ2) is 11.1. The maximum atomic E-state index is 13.2. The summed E-state index contributed by atoms with van der Waals surface area (Å²) in [5.41, 5.74) is 0.889. The van der Waals surface area contributed by atoms with Crippen LogP contribution in [0.25, 0.3) is 0 Å². The third kappa shape index (κ3) is 6.12. The zero-order valence-corrected chi connectivity index (χ0v) is 19.7. The molecule has 0 aliphatic carbocycles. The van der Waals surface area contributed by atoms with Crippen molar-refractivity contribution >= 4 is 23.3 Å². The van der Waals surface area contributed by atoms with E-state index in [9.17, 15) is 24.5 Å². The second-order valence-electron chi connectivity index (χ2n) is 8.16. The van der Waals surface area contributed by atoms with Gasteiger partial charge in [0.15, 0.2) is 5.69 Å². The molecule has 1 N–H and O–H groups in total. The van der Waals surface area contributed by atoms with Gasteiger partial charge in [0.05, 0.1) is 11.5 Å². The fourth-order valence-electron chi connectivity index (χ4n) is 3.59. The van der Waals surface area contributed by atoms with E-state index in [4.69, 9.17) is 4.74 Å². The average Bonchev–Trinajstić information content (AvgIpc) is 2.90. The van der Waals surface area contributed by atoms with Crippen LogP contribution >= 0.6 is 0 Å². The van der Waals surface area contributed by atoms with E-state index in [2.05, 4.69) is 10.4 Å². The molecule has 1 atom stereocenters. The topological polar surface area (TPSA) is 133 Å². The number of nitro benzene ring substituents is 1. The molecular formula is C27H22N4O6. The monoisotopic (exact) mass is 498 g/mol. The molecule has 186 valence electrons. The minimum Gasteiger partial charge on any atom is -0.442 e. The molecule has 0 fully saturated rings. The van der Waals surface area contributed by atoms with Gasteiger partial charge < -0.3 is 10.1 Å². The van der Waals surface area contributed by atoms with E-state index in [-0.39, 0.29) is 23.6 Å². The van der Waals surface area contributed by atoms with E-state index in [0.717, 1.165) is 10.2 Å². The van der Waals surface area contributed by atoms with Gasteiger partial charge in [-0.2, -0.15) is 5.10 Å². The molecule has 4 aromatic rings. The fraction of sp³-hybridized carbons (Fsp3) is 0.111. The molecule has 0 aliphatic heterocycles. The molecule has 1 unspecified atom stereocenters. The number of nitrogens with zero attached hydrogens (tertiary/aromatic N) is 3. The first kappa shape index (κ1) is 25.0. The minimum atomic E-state index is -1.44. The van der Waals surface area contributed by atoms with Crippen LogP contribution in [0.2, 0.25) is 0 Å². The Kier molecular flexibility index (Phi) is 7.48. The molecule has 1 heterocycles. The summed E-state index contributed by atoms with van der Waals surface area (Å²) in [5, 5.41) is 18.1. The molecule has 4 rings (SSSR count). The lowest BCUT2D eigenvalue weighted by molar-refractivity contribution is -0.384. The lowest BCUT2D eigenvalue weighted by Crippen LogP contribution is -2.29. The fourth-order valence-corrected chi connectivity index (χ4v) is 3.59. The number of rotatable bonds is 8. The summed E-state index contributed by atoms with van der Waals surface area (Å²) in [6, 6.07) is 24.1. The Bertz CT molecular complexity index is 1500. The summed E-state index contributed by atoms with van der Waals surface area (Å²) in [7, 11) is 0. The van der Waals surface area contributed by atoms with Crippen molar-refractivity contribution in [3.8, 4) is 0 Å². The molecule has 10 nitrogen and oxygen atoms in total. The number of ether oxygens (including phenoxy) is 1. The molecule has 0 saturated heterocycles. The molecule has 0 saturated carbocycles. The second-order valence-corrected chi connectivity index (χ2v) is 8.16. The van der Waals surface area contributed by atoms with Crippen LogP contribution in [0.3, 0.4) is 0 Å². The molecular weight excluding hydrogens is 476 g/mol. The number of hydrogen-bond donors (Lipinski definition) is 1. The largest absolute Gasteiger partial charge is 0.442 e. The van der Waals surface area contributed by atoms with Crippen LogP contribution in [-0.4, -0.2) is 26.6 Å². The summed E-state index contributed by atoms with van der Waals surface area (Å²) in [6.45, 7) is 1.83. The quantitative estimate of drug-likeness (QED) is 0.220. The van der Waals surface area contributed by atoms with Crippen LogP contribution in [0.15, 0.2) is 95.8 Å². The van der Waals surface area contributed by atoms with Crippen molar-refractivity contribution in [1.82, 2.24) is 9.78 Å². The van der Waals surface area contributed by atoms with Crippen LogP contribution in [0, 0.1) is 17.0 Å². The summed E-state index contributed by atoms with van der Waals surface area (Å²) in [4.78, 5) is 49.4. The smallest absolute Gasteiger partial charge is 0.359 e. The maximum absolute atomic E-state index is 13.2. The van der Waals surface area contributed by atoms with E-state index in [1.165, 1.54) is 24.3 Å². The Morgan fingerprint density at radius 1 is 1.00 bits per heavy atom. The number of nitrogens with one attached hydrogen (secondary N) is 1. The maximum Gasteiger partial charge on any atom is 0.359 e. The van der Waals surface area contributed by atoms with Gasteiger partial charge in [-0.3, -0.25) is 19.7 Å². The number of benzene rings is 3. The van der Waals surface area contributed by atoms with Crippen LogP contribution in [-0.2, 0) is 16.1 Å². The Balaban J connectivity index is 1.61.